The lowest BCUT2D eigenvalue weighted by molar-refractivity contribution is 0.954. The van der Waals surface area contributed by atoms with Crippen molar-refractivity contribution in [3.05, 3.63) is 188 Å². The summed E-state index contributed by atoms with van der Waals surface area (Å²) in [6, 6.07) is 36.2. The van der Waals surface area contributed by atoms with E-state index in [2.05, 4.69) is 24.3 Å². The van der Waals surface area contributed by atoms with Crippen molar-refractivity contribution in [2.45, 2.75) is 0 Å². The highest BCUT2D eigenvalue weighted by Crippen LogP contribution is 2.40. The van der Waals surface area contributed by atoms with Crippen LogP contribution in [0, 0.1) is 0 Å². The Morgan fingerprint density at radius 3 is 1.50 bits per heavy atom. The molecule has 0 bridgehead atoms. The fourth-order valence-corrected chi connectivity index (χ4v) is 8.10. The first-order chi connectivity index (χ1) is 32.0. The summed E-state index contributed by atoms with van der Waals surface area (Å²) in [4.78, 5) is 15.1. The van der Waals surface area contributed by atoms with E-state index in [4.69, 9.17) is 23.2 Å². The van der Waals surface area contributed by atoms with Crippen LogP contribution < -0.4 is 0 Å². The van der Waals surface area contributed by atoms with Crippen LogP contribution in [0.3, 0.4) is 0 Å². The van der Waals surface area contributed by atoms with Gasteiger partial charge in [0.1, 0.15) is 0 Å². The summed E-state index contributed by atoms with van der Waals surface area (Å²) in [6.45, 7) is 0. The predicted octanol–water partition coefficient (Wildman–Crippen LogP) is 12.9. The molecule has 0 N–H and O–H groups in total. The zero-order valence-electron chi connectivity index (χ0n) is 39.4. The van der Waals surface area contributed by atoms with Gasteiger partial charge in [0.15, 0.2) is 11.6 Å². The van der Waals surface area contributed by atoms with Crippen molar-refractivity contribution >= 4 is 75.9 Å². The minimum Gasteiger partial charge on any atom is -0.309 e. The first-order valence-corrected chi connectivity index (χ1v) is 18.1. The Morgan fingerprint density at radius 1 is 0.357 bits per heavy atom. The van der Waals surface area contributed by atoms with Crippen LogP contribution in [0.15, 0.2) is 188 Å². The zero-order valence-corrected chi connectivity index (χ0v) is 29.4. The highest BCUT2D eigenvalue weighted by molar-refractivity contribution is 6.26. The van der Waals surface area contributed by atoms with Gasteiger partial charge >= 0.3 is 0 Å². The Morgan fingerprint density at radius 2 is 0.857 bits per heavy atom. The second-order valence-electron chi connectivity index (χ2n) is 13.7. The Kier molecular flexibility index (Phi) is 4.81. The highest BCUT2D eigenvalue weighted by Gasteiger charge is 2.21. The summed E-state index contributed by atoms with van der Waals surface area (Å²) in [5, 5.41) is 6.27. The first-order valence-electron chi connectivity index (χ1n) is 23.1. The number of hydrogen-bond donors (Lipinski definition) is 0. The fraction of sp³-hybridized carbons (Fsp3) is 0. The van der Waals surface area contributed by atoms with Crippen LogP contribution in [0.1, 0.15) is 13.7 Å². The molecule has 0 unspecified atom stereocenters. The van der Waals surface area contributed by atoms with Crippen LogP contribution in [0.25, 0.3) is 110 Å². The zero-order chi connectivity index (χ0) is 45.4. The van der Waals surface area contributed by atoms with Gasteiger partial charge in [-0.15, -0.1) is 0 Å². The van der Waals surface area contributed by atoms with Crippen molar-refractivity contribution in [2.75, 3.05) is 0 Å². The Bertz CT molecular complexity index is 4080. The molecule has 3 aromatic heterocycles. The number of fused-ring (bicyclic) bond motifs is 12. The number of benzene rings is 9. The van der Waals surface area contributed by atoms with Gasteiger partial charge in [-0.2, -0.15) is 9.97 Å². The molecule has 0 aliphatic carbocycles. The van der Waals surface area contributed by atoms with Gasteiger partial charge in [0.2, 0.25) is 5.95 Å². The van der Waals surface area contributed by atoms with Gasteiger partial charge < -0.3 is 4.57 Å². The molecular formula is C51H31N5. The summed E-state index contributed by atoms with van der Waals surface area (Å²) >= 11 is 0. The van der Waals surface area contributed by atoms with E-state index in [1.165, 1.54) is 4.57 Å². The highest BCUT2D eigenvalue weighted by atomic mass is 15.2. The van der Waals surface area contributed by atoms with Crippen LogP contribution >= 0.6 is 0 Å². The van der Waals surface area contributed by atoms with Gasteiger partial charge in [-0.1, -0.05) is 145 Å². The molecule has 3 heterocycles. The third-order valence-corrected chi connectivity index (χ3v) is 10.6. The van der Waals surface area contributed by atoms with E-state index in [0.29, 0.717) is 16.8 Å². The molecule has 0 saturated carbocycles. The average Bonchev–Trinajstić information content (AvgIpc) is 3.92. The molecule has 12 rings (SSSR count). The van der Waals surface area contributed by atoms with Crippen LogP contribution in [0.2, 0.25) is 0 Å². The lowest BCUT2D eigenvalue weighted by Crippen LogP contribution is -2.06. The minimum absolute atomic E-state index is 0.00686. The quantitative estimate of drug-likeness (QED) is 0.170. The predicted molar refractivity (Wildman–Crippen MR) is 232 cm³/mol. The van der Waals surface area contributed by atoms with Crippen molar-refractivity contribution in [2.24, 2.45) is 0 Å². The van der Waals surface area contributed by atoms with Gasteiger partial charge in [0.05, 0.1) is 35.8 Å². The largest absolute Gasteiger partial charge is 0.309 e. The molecule has 5 heteroatoms. The fourth-order valence-electron chi connectivity index (χ4n) is 8.10. The van der Waals surface area contributed by atoms with Gasteiger partial charge in [0, 0.05) is 38.4 Å². The molecule has 0 fully saturated rings. The van der Waals surface area contributed by atoms with Crippen LogP contribution in [0.4, 0.5) is 0 Å². The number of para-hydroxylation sites is 3. The molecular weight excluding hydrogens is 683 g/mol. The lowest BCUT2D eigenvalue weighted by atomic mass is 9.93. The Labute approximate surface area is 335 Å². The lowest BCUT2D eigenvalue weighted by Gasteiger charge is -2.13. The van der Waals surface area contributed by atoms with Crippen molar-refractivity contribution in [1.29, 1.82) is 0 Å². The van der Waals surface area contributed by atoms with Crippen molar-refractivity contribution in [3.8, 4) is 34.4 Å². The van der Waals surface area contributed by atoms with E-state index in [1.807, 2.05) is 72.8 Å². The summed E-state index contributed by atoms with van der Waals surface area (Å²) in [5.74, 6) is 0.413. The number of rotatable bonds is 4. The first kappa shape index (κ1) is 22.6. The molecule has 0 radical (unpaired) electrons. The second kappa shape index (κ2) is 11.9. The molecule has 0 spiro atoms. The molecule has 0 aliphatic heterocycles. The van der Waals surface area contributed by atoms with Crippen LogP contribution in [-0.4, -0.2) is 24.1 Å². The number of hydrogen-bond acceptors (Lipinski definition) is 3. The van der Waals surface area contributed by atoms with E-state index in [0.717, 1.165) is 32.3 Å². The summed E-state index contributed by atoms with van der Waals surface area (Å²) in [6.07, 6.45) is 0. The van der Waals surface area contributed by atoms with E-state index >= 15 is 0 Å². The number of nitrogens with zero attached hydrogens (tertiary/aromatic N) is 5. The monoisotopic (exact) mass is 723 g/mol. The van der Waals surface area contributed by atoms with Gasteiger partial charge in [-0.05, 0) is 74.7 Å². The van der Waals surface area contributed by atoms with E-state index in [1.54, 1.807) is 34.9 Å². The van der Waals surface area contributed by atoms with Crippen LogP contribution in [-0.2, 0) is 0 Å². The maximum Gasteiger partial charge on any atom is 0.238 e. The smallest absolute Gasteiger partial charge is 0.238 e. The van der Waals surface area contributed by atoms with Gasteiger partial charge in [-0.25, -0.2) is 4.98 Å². The Balaban J connectivity index is 1.27. The summed E-state index contributed by atoms with van der Waals surface area (Å²) in [5.41, 5.74) is 1.77. The Hall–Kier alpha value is -7.63. The topological polar surface area (TPSA) is 48.5 Å². The maximum atomic E-state index is 10.2. The molecule has 9 aromatic carbocycles. The molecule has 12 aromatic rings. The molecule has 0 aliphatic rings. The molecule has 0 amide bonds. The summed E-state index contributed by atoms with van der Waals surface area (Å²) < 4.78 is 95.2. The molecule has 0 atom stereocenters. The molecule has 0 saturated heterocycles. The van der Waals surface area contributed by atoms with Crippen molar-refractivity contribution in [3.63, 3.8) is 0 Å². The standard InChI is InChI=1S/C51H31N5/c1-3-15-32(16-4-1)49-52-50(33-27-28-39-37-21-8-7-19-35(37)36-20-9-10-22-38(36)42(39)29-33)54-51(53-49)56-46-26-14-12-24-41(46)44-30-43-40-23-11-13-25-45(40)55(47(43)31-48(44)56)34-17-5-2-6-18-34/h1-31H/i11D,12D,13D,14D,23D,24D,25D,26D,30D,31D. The molecule has 5 nitrogen and oxygen atoms in total. The average molecular weight is 724 g/mol. The number of aromatic nitrogens is 5. The second-order valence-corrected chi connectivity index (χ2v) is 13.7. The van der Waals surface area contributed by atoms with Gasteiger partial charge in [0.25, 0.3) is 0 Å². The van der Waals surface area contributed by atoms with Crippen molar-refractivity contribution < 1.29 is 13.7 Å². The molecule has 260 valence electrons. The summed E-state index contributed by atoms with van der Waals surface area (Å²) in [7, 11) is 0. The van der Waals surface area contributed by atoms with E-state index in [-0.39, 0.29) is 79.3 Å². The third-order valence-electron chi connectivity index (χ3n) is 10.6. The van der Waals surface area contributed by atoms with E-state index in [9.17, 15) is 5.48 Å². The SMILES string of the molecule is [2H]c1c([2H])c([2H])c2c(c1[2H])c1c([2H])c3c4c([2H])c([2H])c([2H])c([2H])c4n(-c4nc(-c5ccccc5)nc(-c5ccc6c7ccccc7c7ccccc7c6c5)n4)c3c([2H])c1n2-c1ccccc1. The maximum absolute atomic E-state index is 10.2. The molecule has 56 heavy (non-hydrogen) atoms. The van der Waals surface area contributed by atoms with Gasteiger partial charge in [-0.3, -0.25) is 4.57 Å². The van der Waals surface area contributed by atoms with E-state index < -0.39 is 42.3 Å². The van der Waals surface area contributed by atoms with Crippen molar-refractivity contribution in [1.82, 2.24) is 24.1 Å². The van der Waals surface area contributed by atoms with Crippen LogP contribution in [0.5, 0.6) is 0 Å². The normalized spacial score (nSPS) is 14.4. The minimum atomic E-state index is -0.552. The third kappa shape index (κ3) is 4.52.